The molecule has 0 atom stereocenters. The molecule has 0 N–H and O–H groups in total. The molecule has 0 bridgehead atoms. The summed E-state index contributed by atoms with van der Waals surface area (Å²) in [6.07, 6.45) is 5.46. The molecular weight excluding hydrogens is 346 g/mol. The van der Waals surface area contributed by atoms with Crippen molar-refractivity contribution in [3.63, 3.8) is 0 Å². The Morgan fingerprint density at radius 1 is 1.15 bits per heavy atom. The highest BCUT2D eigenvalue weighted by molar-refractivity contribution is 6.34. The number of hydrogen-bond acceptors (Lipinski definition) is 3. The predicted octanol–water partition coefficient (Wildman–Crippen LogP) is 5.01. The third kappa shape index (κ3) is 4.08. The first-order chi connectivity index (χ1) is 12.7. The Hall–Kier alpha value is -3.16. The maximum atomic E-state index is 12.4. The summed E-state index contributed by atoms with van der Waals surface area (Å²) in [5, 5.41) is 13.8. The van der Waals surface area contributed by atoms with Gasteiger partial charge in [-0.25, -0.2) is 0 Å². The summed E-state index contributed by atoms with van der Waals surface area (Å²) in [6, 6.07) is 18.8. The minimum atomic E-state index is -0.167. The molecule has 3 aromatic rings. The van der Waals surface area contributed by atoms with E-state index in [1.165, 1.54) is 6.08 Å². The van der Waals surface area contributed by atoms with Gasteiger partial charge in [0.2, 0.25) is 0 Å². The van der Waals surface area contributed by atoms with E-state index in [9.17, 15) is 4.79 Å². The Morgan fingerprint density at radius 3 is 2.62 bits per heavy atom. The second-order valence-corrected chi connectivity index (χ2v) is 6.05. The maximum Gasteiger partial charge on any atom is 0.187 e. The normalized spacial score (nSPS) is 10.8. The van der Waals surface area contributed by atoms with Crippen LogP contribution < -0.4 is 0 Å². The Kier molecular flexibility index (Phi) is 5.62. The number of carbonyl (C=O) groups is 1. The molecule has 0 radical (unpaired) electrons. The molecule has 2 aromatic carbocycles. The smallest absolute Gasteiger partial charge is 0.187 e. The van der Waals surface area contributed by atoms with Crippen LogP contribution in [0.15, 0.2) is 66.9 Å². The standard InChI is InChI=1S/C21H16ClN3O/c22-19-10-5-4-9-18(19)20(26)12-11-17-15-25(14-6-13-23)24-21(17)16-7-2-1-3-8-16/h1-5,7-12,15H,6,14H2/b12-11+. The number of nitriles is 1. The largest absolute Gasteiger partial charge is 0.289 e. The van der Waals surface area contributed by atoms with Crippen LogP contribution in [0.2, 0.25) is 5.02 Å². The van der Waals surface area contributed by atoms with E-state index in [1.54, 1.807) is 35.0 Å². The van der Waals surface area contributed by atoms with Crippen LogP contribution in [0.4, 0.5) is 0 Å². The fourth-order valence-corrected chi connectivity index (χ4v) is 2.80. The maximum absolute atomic E-state index is 12.4. The van der Waals surface area contributed by atoms with Crippen LogP contribution in [0.3, 0.4) is 0 Å². The van der Waals surface area contributed by atoms with Crippen LogP contribution in [-0.4, -0.2) is 15.6 Å². The van der Waals surface area contributed by atoms with E-state index in [1.807, 2.05) is 36.5 Å². The van der Waals surface area contributed by atoms with Crippen molar-refractivity contribution in [1.29, 1.82) is 5.26 Å². The molecule has 26 heavy (non-hydrogen) atoms. The Morgan fingerprint density at radius 2 is 1.88 bits per heavy atom. The van der Waals surface area contributed by atoms with Crippen LogP contribution in [0.25, 0.3) is 17.3 Å². The molecule has 0 saturated heterocycles. The zero-order chi connectivity index (χ0) is 18.4. The molecule has 0 amide bonds. The molecule has 128 valence electrons. The summed E-state index contributed by atoms with van der Waals surface area (Å²) in [4.78, 5) is 12.4. The van der Waals surface area contributed by atoms with Gasteiger partial charge >= 0.3 is 0 Å². The number of hydrogen-bond donors (Lipinski definition) is 0. The quantitative estimate of drug-likeness (QED) is 0.458. The zero-order valence-corrected chi connectivity index (χ0v) is 14.7. The highest BCUT2D eigenvalue weighted by Crippen LogP contribution is 2.24. The van der Waals surface area contributed by atoms with Gasteiger partial charge in [0, 0.05) is 22.9 Å². The summed E-state index contributed by atoms with van der Waals surface area (Å²) in [5.74, 6) is -0.167. The van der Waals surface area contributed by atoms with Gasteiger partial charge in [0.1, 0.15) is 0 Å². The van der Waals surface area contributed by atoms with E-state index in [2.05, 4.69) is 11.2 Å². The van der Waals surface area contributed by atoms with Crippen molar-refractivity contribution in [2.45, 2.75) is 13.0 Å². The SMILES string of the molecule is N#CCCn1cc(/C=C/C(=O)c2ccccc2Cl)c(-c2ccccc2)n1. The van der Waals surface area contributed by atoms with Crippen molar-refractivity contribution in [3.8, 4) is 17.3 Å². The molecule has 0 aliphatic rings. The summed E-state index contributed by atoms with van der Waals surface area (Å²) >= 11 is 6.09. The molecule has 1 heterocycles. The number of halogens is 1. The fourth-order valence-electron chi connectivity index (χ4n) is 2.57. The van der Waals surface area contributed by atoms with Gasteiger partial charge in [-0.3, -0.25) is 9.48 Å². The molecule has 4 nitrogen and oxygen atoms in total. The van der Waals surface area contributed by atoms with E-state index >= 15 is 0 Å². The van der Waals surface area contributed by atoms with Gasteiger partial charge in [-0.2, -0.15) is 10.4 Å². The second-order valence-electron chi connectivity index (χ2n) is 5.65. The number of nitrogens with zero attached hydrogens (tertiary/aromatic N) is 3. The molecule has 0 fully saturated rings. The number of aromatic nitrogens is 2. The van der Waals surface area contributed by atoms with Crippen molar-refractivity contribution in [2.75, 3.05) is 0 Å². The monoisotopic (exact) mass is 361 g/mol. The second kappa shape index (κ2) is 8.28. The minimum absolute atomic E-state index is 0.167. The van der Waals surface area contributed by atoms with Crippen molar-refractivity contribution < 1.29 is 4.79 Å². The molecule has 0 spiro atoms. The minimum Gasteiger partial charge on any atom is -0.289 e. The first kappa shape index (κ1) is 17.7. The van der Waals surface area contributed by atoms with Gasteiger partial charge in [-0.1, -0.05) is 54.1 Å². The topological polar surface area (TPSA) is 58.7 Å². The van der Waals surface area contributed by atoms with E-state index in [4.69, 9.17) is 16.9 Å². The van der Waals surface area contributed by atoms with Crippen molar-refractivity contribution in [3.05, 3.63) is 83.0 Å². The lowest BCUT2D eigenvalue weighted by Gasteiger charge is -1.99. The average Bonchev–Trinajstić information content (AvgIpc) is 3.08. The van der Waals surface area contributed by atoms with Crippen LogP contribution >= 0.6 is 11.6 Å². The highest BCUT2D eigenvalue weighted by Gasteiger charge is 2.11. The molecule has 0 aliphatic carbocycles. The average molecular weight is 362 g/mol. The summed E-state index contributed by atoms with van der Waals surface area (Å²) < 4.78 is 1.73. The number of rotatable bonds is 6. The number of carbonyl (C=O) groups excluding carboxylic acids is 1. The molecule has 0 saturated carbocycles. The van der Waals surface area contributed by atoms with E-state index in [0.29, 0.717) is 23.6 Å². The summed E-state index contributed by atoms with van der Waals surface area (Å²) in [6.45, 7) is 0.503. The van der Waals surface area contributed by atoms with Gasteiger partial charge < -0.3 is 0 Å². The first-order valence-corrected chi connectivity index (χ1v) is 8.53. The van der Waals surface area contributed by atoms with Crippen LogP contribution in [-0.2, 0) is 6.54 Å². The zero-order valence-electron chi connectivity index (χ0n) is 14.0. The molecule has 1 aromatic heterocycles. The third-order valence-electron chi connectivity index (χ3n) is 3.84. The molecule has 5 heteroatoms. The molecular formula is C21H16ClN3O. The molecule has 0 aliphatic heterocycles. The van der Waals surface area contributed by atoms with Crippen LogP contribution in [0.1, 0.15) is 22.3 Å². The lowest BCUT2D eigenvalue weighted by Crippen LogP contribution is -1.97. The van der Waals surface area contributed by atoms with E-state index in [-0.39, 0.29) is 5.78 Å². The lowest BCUT2D eigenvalue weighted by molar-refractivity contribution is 0.104. The van der Waals surface area contributed by atoms with E-state index in [0.717, 1.165) is 16.8 Å². The van der Waals surface area contributed by atoms with Gasteiger partial charge in [-0.15, -0.1) is 0 Å². The van der Waals surface area contributed by atoms with Crippen molar-refractivity contribution in [2.24, 2.45) is 0 Å². The van der Waals surface area contributed by atoms with Gasteiger partial charge in [0.25, 0.3) is 0 Å². The first-order valence-electron chi connectivity index (χ1n) is 8.16. The number of benzene rings is 2. The third-order valence-corrected chi connectivity index (χ3v) is 4.17. The Bertz CT molecular complexity index is 984. The number of ketones is 1. The Balaban J connectivity index is 1.93. The lowest BCUT2D eigenvalue weighted by atomic mass is 10.1. The van der Waals surface area contributed by atoms with Gasteiger partial charge in [-0.05, 0) is 24.3 Å². The highest BCUT2D eigenvalue weighted by atomic mass is 35.5. The predicted molar refractivity (Wildman–Crippen MR) is 103 cm³/mol. The molecule has 3 rings (SSSR count). The van der Waals surface area contributed by atoms with Gasteiger partial charge in [0.05, 0.1) is 29.8 Å². The number of allylic oxidation sites excluding steroid dienone is 1. The van der Waals surface area contributed by atoms with Gasteiger partial charge in [0.15, 0.2) is 5.78 Å². The van der Waals surface area contributed by atoms with Crippen LogP contribution in [0.5, 0.6) is 0 Å². The molecule has 0 unspecified atom stereocenters. The fraction of sp³-hybridized carbons (Fsp3) is 0.0952. The van der Waals surface area contributed by atoms with Crippen LogP contribution in [0, 0.1) is 11.3 Å². The van der Waals surface area contributed by atoms with E-state index < -0.39 is 0 Å². The number of aryl methyl sites for hydroxylation is 1. The summed E-state index contributed by atoms with van der Waals surface area (Å²) in [7, 11) is 0. The summed E-state index contributed by atoms with van der Waals surface area (Å²) in [5.41, 5.74) is 3.00. The van der Waals surface area contributed by atoms with Crippen molar-refractivity contribution in [1.82, 2.24) is 9.78 Å². The Labute approximate surface area is 157 Å². The van der Waals surface area contributed by atoms with Crippen molar-refractivity contribution >= 4 is 23.5 Å².